The van der Waals surface area contributed by atoms with Gasteiger partial charge in [-0.3, -0.25) is 14.4 Å². The molecule has 0 unspecified atom stereocenters. The quantitative estimate of drug-likeness (QED) is 0.434. The fraction of sp³-hybridized carbons (Fsp3) is 0.185. The van der Waals surface area contributed by atoms with Gasteiger partial charge in [-0.05, 0) is 45.4 Å². The maximum atomic E-state index is 13.3. The standard InChI is InChI=1S/C27H24N2O3/c1-16-5-9-20(10-6-16)24(30)15-29-14-23(25(31)21-11-7-17(2)13-18(21)3)26(32)22-12-8-19(4)28-27(22)29/h5-14H,15H2,1-4H3. The molecule has 160 valence electrons. The first-order valence-electron chi connectivity index (χ1n) is 10.5. The van der Waals surface area contributed by atoms with Crippen LogP contribution in [0, 0.1) is 27.7 Å². The molecule has 0 aliphatic rings. The minimum atomic E-state index is -0.378. The van der Waals surface area contributed by atoms with Gasteiger partial charge in [-0.2, -0.15) is 0 Å². The van der Waals surface area contributed by atoms with E-state index < -0.39 is 0 Å². The molecule has 32 heavy (non-hydrogen) atoms. The normalized spacial score (nSPS) is 11.0. The highest BCUT2D eigenvalue weighted by atomic mass is 16.1. The Morgan fingerprint density at radius 1 is 0.844 bits per heavy atom. The van der Waals surface area contributed by atoms with Gasteiger partial charge in [-0.25, -0.2) is 4.98 Å². The first-order chi connectivity index (χ1) is 15.2. The molecule has 2 heterocycles. The fourth-order valence-electron chi connectivity index (χ4n) is 3.84. The van der Waals surface area contributed by atoms with Gasteiger partial charge in [0.05, 0.1) is 17.5 Å². The van der Waals surface area contributed by atoms with Crippen LogP contribution in [0.5, 0.6) is 0 Å². The van der Waals surface area contributed by atoms with Gasteiger partial charge >= 0.3 is 0 Å². The second kappa shape index (κ2) is 8.35. The highest BCUT2D eigenvalue weighted by Gasteiger charge is 2.20. The SMILES string of the molecule is Cc1ccc(C(=O)Cn2cc(C(=O)c3ccc(C)cc3C)c(=O)c3ccc(C)nc32)cc1. The molecular weight excluding hydrogens is 400 g/mol. The Labute approximate surface area is 186 Å². The molecule has 0 bridgehead atoms. The Hall–Kier alpha value is -3.86. The van der Waals surface area contributed by atoms with E-state index in [0.29, 0.717) is 22.2 Å². The molecule has 0 N–H and O–H groups in total. The zero-order chi connectivity index (χ0) is 23.0. The van der Waals surface area contributed by atoms with Crippen LogP contribution in [0.1, 0.15) is 48.7 Å². The van der Waals surface area contributed by atoms with Gasteiger partial charge in [0, 0.05) is 23.0 Å². The highest BCUT2D eigenvalue weighted by Crippen LogP contribution is 2.18. The van der Waals surface area contributed by atoms with Crippen LogP contribution in [0.2, 0.25) is 0 Å². The minimum absolute atomic E-state index is 0.0244. The van der Waals surface area contributed by atoms with Crippen LogP contribution in [0.4, 0.5) is 0 Å². The lowest BCUT2D eigenvalue weighted by Gasteiger charge is -2.13. The van der Waals surface area contributed by atoms with Crippen LogP contribution in [0.25, 0.3) is 11.0 Å². The van der Waals surface area contributed by atoms with Crippen LogP contribution in [-0.2, 0) is 6.54 Å². The molecule has 0 saturated carbocycles. The van der Waals surface area contributed by atoms with Crippen molar-refractivity contribution >= 4 is 22.6 Å². The number of carbonyl (C=O) groups is 2. The third-order valence-corrected chi connectivity index (χ3v) is 5.62. The number of aromatic nitrogens is 2. The van der Waals surface area contributed by atoms with Crippen molar-refractivity contribution in [1.82, 2.24) is 9.55 Å². The van der Waals surface area contributed by atoms with Gasteiger partial charge in [0.25, 0.3) is 0 Å². The first-order valence-corrected chi connectivity index (χ1v) is 10.5. The number of rotatable bonds is 5. The van der Waals surface area contributed by atoms with E-state index in [2.05, 4.69) is 4.98 Å². The zero-order valence-electron chi connectivity index (χ0n) is 18.6. The summed E-state index contributed by atoms with van der Waals surface area (Å²) in [5, 5.41) is 0.322. The Kier molecular flexibility index (Phi) is 5.57. The summed E-state index contributed by atoms with van der Waals surface area (Å²) in [6, 6.07) is 16.2. The number of benzene rings is 2. The van der Waals surface area contributed by atoms with E-state index in [4.69, 9.17) is 0 Å². The van der Waals surface area contributed by atoms with E-state index in [1.54, 1.807) is 34.9 Å². The molecule has 4 aromatic rings. The second-order valence-electron chi connectivity index (χ2n) is 8.26. The van der Waals surface area contributed by atoms with E-state index in [1.165, 1.54) is 6.20 Å². The lowest BCUT2D eigenvalue weighted by Crippen LogP contribution is -2.23. The molecule has 5 nitrogen and oxygen atoms in total. The van der Waals surface area contributed by atoms with Crippen molar-refractivity contribution in [1.29, 1.82) is 0 Å². The topological polar surface area (TPSA) is 69.0 Å². The number of carbonyl (C=O) groups excluding carboxylic acids is 2. The molecule has 0 amide bonds. The van der Waals surface area contributed by atoms with Crippen molar-refractivity contribution in [3.8, 4) is 0 Å². The number of ketones is 2. The predicted molar refractivity (Wildman–Crippen MR) is 126 cm³/mol. The summed E-state index contributed by atoms with van der Waals surface area (Å²) in [5.74, 6) is -0.477. The monoisotopic (exact) mass is 424 g/mol. The summed E-state index contributed by atoms with van der Waals surface area (Å²) in [7, 11) is 0. The molecule has 0 fully saturated rings. The van der Waals surface area contributed by atoms with Gasteiger partial charge in [-0.1, -0.05) is 53.6 Å². The van der Waals surface area contributed by atoms with Gasteiger partial charge in [0.15, 0.2) is 11.6 Å². The average molecular weight is 425 g/mol. The van der Waals surface area contributed by atoms with E-state index in [1.807, 2.05) is 52.0 Å². The largest absolute Gasteiger partial charge is 0.324 e. The van der Waals surface area contributed by atoms with E-state index in [-0.39, 0.29) is 29.1 Å². The summed E-state index contributed by atoms with van der Waals surface area (Å²) in [5.41, 5.74) is 4.73. The third-order valence-electron chi connectivity index (χ3n) is 5.62. The van der Waals surface area contributed by atoms with E-state index in [0.717, 1.165) is 22.4 Å². The molecule has 0 atom stereocenters. The molecule has 4 rings (SSSR count). The van der Waals surface area contributed by atoms with Gasteiger partial charge in [0.2, 0.25) is 5.43 Å². The number of hydrogen-bond donors (Lipinski definition) is 0. The fourth-order valence-corrected chi connectivity index (χ4v) is 3.84. The molecule has 0 aliphatic carbocycles. The van der Waals surface area contributed by atoms with Crippen LogP contribution >= 0.6 is 0 Å². The van der Waals surface area contributed by atoms with Gasteiger partial charge in [-0.15, -0.1) is 0 Å². The number of nitrogens with zero attached hydrogens (tertiary/aromatic N) is 2. The lowest BCUT2D eigenvalue weighted by molar-refractivity contribution is 0.0970. The Morgan fingerprint density at radius 2 is 1.53 bits per heavy atom. The Bertz CT molecular complexity index is 1430. The van der Waals surface area contributed by atoms with Crippen molar-refractivity contribution < 1.29 is 9.59 Å². The summed E-state index contributed by atoms with van der Waals surface area (Å²) in [4.78, 5) is 44.0. The smallest absolute Gasteiger partial charge is 0.202 e. The van der Waals surface area contributed by atoms with E-state index in [9.17, 15) is 14.4 Å². The molecular formula is C27H24N2O3. The maximum absolute atomic E-state index is 13.3. The van der Waals surface area contributed by atoms with Crippen LogP contribution in [0.15, 0.2) is 65.6 Å². The third kappa shape index (κ3) is 4.02. The summed E-state index contributed by atoms with van der Waals surface area (Å²) >= 11 is 0. The Balaban J connectivity index is 1.86. The number of aryl methyl sites for hydroxylation is 4. The number of pyridine rings is 2. The average Bonchev–Trinajstić information content (AvgIpc) is 2.75. The Morgan fingerprint density at radius 3 is 2.22 bits per heavy atom. The molecule has 2 aromatic carbocycles. The first kappa shape index (κ1) is 21.4. The van der Waals surface area contributed by atoms with E-state index >= 15 is 0 Å². The van der Waals surface area contributed by atoms with Gasteiger partial charge < -0.3 is 4.57 Å². The van der Waals surface area contributed by atoms with Crippen molar-refractivity contribution in [2.24, 2.45) is 0 Å². The number of hydrogen-bond acceptors (Lipinski definition) is 4. The predicted octanol–water partition coefficient (Wildman–Crippen LogP) is 4.74. The summed E-state index contributed by atoms with van der Waals surface area (Å²) in [6.45, 7) is 7.57. The summed E-state index contributed by atoms with van der Waals surface area (Å²) in [6.07, 6.45) is 1.48. The zero-order valence-corrected chi connectivity index (χ0v) is 18.6. The molecule has 2 aromatic heterocycles. The molecule has 0 aliphatic heterocycles. The highest BCUT2D eigenvalue weighted by molar-refractivity contribution is 6.11. The van der Waals surface area contributed by atoms with Crippen molar-refractivity contribution in [2.45, 2.75) is 34.2 Å². The van der Waals surface area contributed by atoms with Gasteiger partial charge in [0.1, 0.15) is 5.65 Å². The maximum Gasteiger partial charge on any atom is 0.202 e. The van der Waals surface area contributed by atoms with Crippen LogP contribution in [-0.4, -0.2) is 21.1 Å². The molecule has 0 radical (unpaired) electrons. The second-order valence-corrected chi connectivity index (χ2v) is 8.26. The van der Waals surface area contributed by atoms with Crippen molar-refractivity contribution in [2.75, 3.05) is 0 Å². The van der Waals surface area contributed by atoms with Crippen molar-refractivity contribution in [3.63, 3.8) is 0 Å². The number of fused-ring (bicyclic) bond motifs is 1. The van der Waals surface area contributed by atoms with Crippen LogP contribution in [0.3, 0.4) is 0 Å². The molecule has 0 spiro atoms. The lowest BCUT2D eigenvalue weighted by atomic mass is 9.97. The molecule has 0 saturated heterocycles. The van der Waals surface area contributed by atoms with Crippen molar-refractivity contribution in [3.05, 3.63) is 110 Å². The van der Waals surface area contributed by atoms with Crippen LogP contribution < -0.4 is 5.43 Å². The summed E-state index contributed by atoms with van der Waals surface area (Å²) < 4.78 is 1.61. The minimum Gasteiger partial charge on any atom is -0.324 e. The molecule has 5 heteroatoms. The number of Topliss-reactive ketones (excluding diaryl/α,β-unsaturated/α-hetero) is 1.